The second-order valence-corrected chi connectivity index (χ2v) is 15.7. The predicted octanol–water partition coefficient (Wildman–Crippen LogP) is 5.55. The van der Waals surface area contributed by atoms with Crippen LogP contribution in [0.3, 0.4) is 0 Å². The molecular weight excluding hydrogens is 821 g/mol. The highest BCUT2D eigenvalue weighted by atomic mass is 16.7. The van der Waals surface area contributed by atoms with Gasteiger partial charge in [0.15, 0.2) is 35.5 Å². The van der Waals surface area contributed by atoms with Crippen molar-refractivity contribution < 1.29 is 66.5 Å². The lowest BCUT2D eigenvalue weighted by molar-refractivity contribution is -0.201. The van der Waals surface area contributed by atoms with Crippen LogP contribution in [0.4, 0.5) is 21.0 Å². The van der Waals surface area contributed by atoms with Crippen molar-refractivity contribution in [3.05, 3.63) is 60.7 Å². The van der Waals surface area contributed by atoms with Gasteiger partial charge in [0.05, 0.1) is 75.2 Å². The Morgan fingerprint density at radius 2 is 1.19 bits per heavy atom. The zero-order valence-corrected chi connectivity index (χ0v) is 36.6. The standard InChI is InChI=1S/C45H58N4O14/c1-8-18-61-44(52)48-27(3)39-32(14-16-46(39)41(50)28-23-34(54-4)36(56-6)25-30(28)48)58-21-12-22-59-33-15-17-47-40(33)43(63-38-13-10-11-20-60-38)49(45(53)62-19-9-2)31-26-37(57-7)35(55-5)24-29(31)42(47)51/h8-9,23-27,32-33,38-40,43H,1-2,10-22H2,3-7H3/t27?,32-,33-,38?,39?,40?,43?/m0/s1. The highest BCUT2D eigenvalue weighted by Gasteiger charge is 2.53. The summed E-state index contributed by atoms with van der Waals surface area (Å²) in [5, 5.41) is 0. The third-order valence-electron chi connectivity index (χ3n) is 12.2. The topological polar surface area (TPSA) is 174 Å². The van der Waals surface area contributed by atoms with E-state index in [1.54, 1.807) is 34.1 Å². The first-order valence-corrected chi connectivity index (χ1v) is 21.4. The van der Waals surface area contributed by atoms with Crippen molar-refractivity contribution in [3.8, 4) is 23.0 Å². The summed E-state index contributed by atoms with van der Waals surface area (Å²) in [5.41, 5.74) is 1.07. The summed E-state index contributed by atoms with van der Waals surface area (Å²) in [7, 11) is 5.92. The van der Waals surface area contributed by atoms with Crippen molar-refractivity contribution in [1.29, 1.82) is 0 Å². The molecule has 5 aliphatic rings. The molecule has 5 unspecified atom stereocenters. The number of carbonyl (C=O) groups excluding carboxylic acids is 4. The molecule has 0 aromatic heterocycles. The Kier molecular flexibility index (Phi) is 14.6. The summed E-state index contributed by atoms with van der Waals surface area (Å²) in [6.45, 7) is 10.9. The van der Waals surface area contributed by atoms with Gasteiger partial charge in [-0.15, -0.1) is 0 Å². The molecule has 5 aliphatic heterocycles. The van der Waals surface area contributed by atoms with Gasteiger partial charge in [-0.3, -0.25) is 14.5 Å². The molecule has 5 heterocycles. The lowest BCUT2D eigenvalue weighted by Crippen LogP contribution is -2.57. The van der Waals surface area contributed by atoms with Crippen LogP contribution in [0, 0.1) is 0 Å². The van der Waals surface area contributed by atoms with Crippen LogP contribution in [0.5, 0.6) is 23.0 Å². The number of hydrogen-bond acceptors (Lipinski definition) is 14. The number of anilines is 2. The second-order valence-electron chi connectivity index (χ2n) is 15.7. The van der Waals surface area contributed by atoms with Crippen LogP contribution in [0.1, 0.15) is 66.2 Å². The van der Waals surface area contributed by atoms with Crippen LogP contribution in [0.2, 0.25) is 0 Å². The first kappa shape index (κ1) is 45.5. The van der Waals surface area contributed by atoms with Crippen molar-refractivity contribution in [1.82, 2.24) is 9.80 Å². The molecule has 0 aliphatic carbocycles. The maximum atomic E-state index is 14.5. The van der Waals surface area contributed by atoms with E-state index in [9.17, 15) is 19.2 Å². The molecule has 2 aromatic rings. The van der Waals surface area contributed by atoms with E-state index in [0.29, 0.717) is 74.1 Å². The summed E-state index contributed by atoms with van der Waals surface area (Å²) in [6.07, 6.45) is 2.67. The SMILES string of the molecule is C=CCOC(=O)N1c2cc(OC)c(OC)cc2C(=O)N2CC[C@H](OCCCO[C@H]3CCN4C(=O)c5cc(OC)c(OC)cc5N(C(=O)OCC=C)C(OC5CCCCO5)C34)C2C1C. The minimum absolute atomic E-state index is 0.0181. The number of nitrogens with zero attached hydrogens (tertiary/aromatic N) is 4. The third kappa shape index (κ3) is 8.99. The average molecular weight is 879 g/mol. The minimum Gasteiger partial charge on any atom is -0.493 e. The summed E-state index contributed by atoms with van der Waals surface area (Å²) in [5.74, 6) is 0.744. The third-order valence-corrected chi connectivity index (χ3v) is 12.2. The number of fused-ring (bicyclic) bond motifs is 4. The molecule has 0 spiro atoms. The van der Waals surface area contributed by atoms with Gasteiger partial charge in [-0.05, 0) is 57.6 Å². The molecule has 3 saturated heterocycles. The fraction of sp³-hybridized carbons (Fsp3) is 0.556. The van der Waals surface area contributed by atoms with Crippen molar-refractivity contribution in [2.75, 3.05) is 84.4 Å². The molecule has 18 nitrogen and oxygen atoms in total. The molecule has 63 heavy (non-hydrogen) atoms. The number of hydrogen-bond donors (Lipinski definition) is 0. The number of amides is 4. The Labute approximate surface area is 367 Å². The Balaban J connectivity index is 1.10. The largest absolute Gasteiger partial charge is 0.493 e. The van der Waals surface area contributed by atoms with Gasteiger partial charge in [-0.1, -0.05) is 25.3 Å². The molecule has 18 heteroatoms. The van der Waals surface area contributed by atoms with Gasteiger partial charge < -0.3 is 57.2 Å². The fourth-order valence-corrected chi connectivity index (χ4v) is 9.28. The monoisotopic (exact) mass is 878 g/mol. The molecule has 0 N–H and O–H groups in total. The molecule has 7 rings (SSSR count). The highest BCUT2D eigenvalue weighted by molar-refractivity contribution is 6.07. The maximum absolute atomic E-state index is 14.5. The van der Waals surface area contributed by atoms with Crippen LogP contribution >= 0.6 is 0 Å². The van der Waals surface area contributed by atoms with Crippen molar-refractivity contribution in [2.24, 2.45) is 0 Å². The Bertz CT molecular complexity index is 2020. The maximum Gasteiger partial charge on any atom is 0.416 e. The molecule has 0 bridgehead atoms. The van der Waals surface area contributed by atoms with Crippen LogP contribution in [0.15, 0.2) is 49.6 Å². The zero-order chi connectivity index (χ0) is 44.8. The van der Waals surface area contributed by atoms with Crippen LogP contribution in [-0.4, -0.2) is 151 Å². The van der Waals surface area contributed by atoms with Gasteiger partial charge >= 0.3 is 12.2 Å². The second kappa shape index (κ2) is 20.3. The Hall–Kier alpha value is -5.56. The van der Waals surface area contributed by atoms with Crippen molar-refractivity contribution >= 4 is 35.4 Å². The molecule has 7 atom stereocenters. The normalized spacial score (nSPS) is 25.2. The van der Waals surface area contributed by atoms with E-state index in [0.717, 1.165) is 12.8 Å². The number of ether oxygens (including phenoxy) is 10. The van der Waals surface area contributed by atoms with Crippen molar-refractivity contribution in [3.63, 3.8) is 0 Å². The van der Waals surface area contributed by atoms with Gasteiger partial charge in [0, 0.05) is 45.0 Å². The van der Waals surface area contributed by atoms with Crippen molar-refractivity contribution in [2.45, 2.75) is 88.3 Å². The lowest BCUT2D eigenvalue weighted by atomic mass is 10.0. The number of methoxy groups -OCH3 is 4. The molecule has 2 aromatic carbocycles. The average Bonchev–Trinajstić information content (AvgIpc) is 3.89. The van der Waals surface area contributed by atoms with Gasteiger partial charge in [-0.25, -0.2) is 14.5 Å². The van der Waals surface area contributed by atoms with E-state index in [-0.39, 0.29) is 55.1 Å². The number of rotatable bonds is 16. The molecule has 0 radical (unpaired) electrons. The van der Waals surface area contributed by atoms with Crippen LogP contribution < -0.4 is 28.7 Å². The minimum atomic E-state index is -1.07. The summed E-state index contributed by atoms with van der Waals surface area (Å²) >= 11 is 0. The molecule has 4 amide bonds. The first-order valence-electron chi connectivity index (χ1n) is 21.4. The smallest absolute Gasteiger partial charge is 0.416 e. The van der Waals surface area contributed by atoms with Crippen LogP contribution in [-0.2, 0) is 28.4 Å². The summed E-state index contributed by atoms with van der Waals surface area (Å²) in [4.78, 5) is 62.8. The zero-order valence-electron chi connectivity index (χ0n) is 36.6. The Morgan fingerprint density at radius 3 is 1.70 bits per heavy atom. The van der Waals surface area contributed by atoms with E-state index in [2.05, 4.69) is 13.2 Å². The molecule has 3 fully saturated rings. The van der Waals surface area contributed by atoms with Crippen LogP contribution in [0.25, 0.3) is 0 Å². The van der Waals surface area contributed by atoms with E-state index in [1.165, 1.54) is 50.4 Å². The van der Waals surface area contributed by atoms with E-state index in [4.69, 9.17) is 47.4 Å². The van der Waals surface area contributed by atoms with E-state index in [1.807, 2.05) is 6.92 Å². The lowest BCUT2D eigenvalue weighted by Gasteiger charge is -2.39. The van der Waals surface area contributed by atoms with Gasteiger partial charge in [0.2, 0.25) is 0 Å². The molecular formula is C45H58N4O14. The van der Waals surface area contributed by atoms with E-state index >= 15 is 0 Å². The summed E-state index contributed by atoms with van der Waals surface area (Å²) < 4.78 is 59.2. The number of benzene rings is 2. The number of carbonyl (C=O) groups is 4. The van der Waals surface area contributed by atoms with Gasteiger partial charge in [-0.2, -0.15) is 0 Å². The predicted molar refractivity (Wildman–Crippen MR) is 228 cm³/mol. The fourth-order valence-electron chi connectivity index (χ4n) is 9.28. The molecule has 0 saturated carbocycles. The van der Waals surface area contributed by atoms with Gasteiger partial charge in [0.1, 0.15) is 19.3 Å². The molecule has 342 valence electrons. The Morgan fingerprint density at radius 1 is 0.698 bits per heavy atom. The summed E-state index contributed by atoms with van der Waals surface area (Å²) in [6, 6.07) is 4.53. The van der Waals surface area contributed by atoms with E-state index < -0.39 is 55.0 Å². The quantitative estimate of drug-likeness (QED) is 0.152. The first-order chi connectivity index (χ1) is 30.6. The highest BCUT2D eigenvalue weighted by Crippen LogP contribution is 2.44. The van der Waals surface area contributed by atoms with Gasteiger partial charge in [0.25, 0.3) is 11.8 Å².